The molecule has 2 atom stereocenters. The number of carbonyl (C=O) groups is 1. The lowest BCUT2D eigenvalue weighted by Crippen LogP contribution is -2.57. The van der Waals surface area contributed by atoms with Crippen molar-refractivity contribution < 1.29 is 4.79 Å². The average molecular weight is 282 g/mol. The summed E-state index contributed by atoms with van der Waals surface area (Å²) >= 11 is 0. The lowest BCUT2D eigenvalue weighted by Gasteiger charge is -2.41. The van der Waals surface area contributed by atoms with Gasteiger partial charge in [0.05, 0.1) is 6.04 Å². The molecule has 2 N–H and O–H groups in total. The highest BCUT2D eigenvalue weighted by molar-refractivity contribution is 5.81. The Morgan fingerprint density at radius 3 is 2.05 bits per heavy atom. The first-order valence-corrected chi connectivity index (χ1v) is 8.10. The number of nitrogens with two attached hydrogens (primary N) is 1. The van der Waals surface area contributed by atoms with E-state index in [1.807, 2.05) is 0 Å². The first-order valence-electron chi connectivity index (χ1n) is 8.10. The van der Waals surface area contributed by atoms with Crippen molar-refractivity contribution in [3.05, 3.63) is 0 Å². The van der Waals surface area contributed by atoms with Crippen molar-refractivity contribution in [2.45, 2.75) is 45.2 Å². The molecule has 0 aliphatic carbocycles. The van der Waals surface area contributed by atoms with Gasteiger partial charge in [0.15, 0.2) is 0 Å². The fourth-order valence-corrected chi connectivity index (χ4v) is 3.25. The standard InChI is InChI=1S/C15H30N4O/c1-13(12-16)17-8-10-18(11-9-17)14(2)15(20)19-6-4-3-5-7-19/h13-14H,3-12,16H2,1-2H3. The van der Waals surface area contributed by atoms with Crippen LogP contribution in [0.3, 0.4) is 0 Å². The summed E-state index contributed by atoms with van der Waals surface area (Å²) < 4.78 is 0. The van der Waals surface area contributed by atoms with Gasteiger partial charge in [0, 0.05) is 51.9 Å². The zero-order valence-electron chi connectivity index (χ0n) is 13.1. The van der Waals surface area contributed by atoms with Crippen LogP contribution in [0.4, 0.5) is 0 Å². The summed E-state index contributed by atoms with van der Waals surface area (Å²) in [5.74, 6) is 0.324. The van der Waals surface area contributed by atoms with E-state index >= 15 is 0 Å². The Labute approximate surface area is 123 Å². The number of piperazine rings is 1. The van der Waals surface area contributed by atoms with Crippen LogP contribution in [-0.4, -0.2) is 78.5 Å². The molecule has 0 radical (unpaired) electrons. The molecule has 0 saturated carbocycles. The second-order valence-corrected chi connectivity index (χ2v) is 6.22. The molecular weight excluding hydrogens is 252 g/mol. The molecule has 2 fully saturated rings. The number of carbonyl (C=O) groups excluding carboxylic acids is 1. The Bertz CT molecular complexity index is 309. The smallest absolute Gasteiger partial charge is 0.239 e. The monoisotopic (exact) mass is 282 g/mol. The number of hydrogen-bond acceptors (Lipinski definition) is 4. The molecule has 0 aromatic heterocycles. The molecule has 5 nitrogen and oxygen atoms in total. The minimum Gasteiger partial charge on any atom is -0.341 e. The fraction of sp³-hybridized carbons (Fsp3) is 0.933. The lowest BCUT2D eigenvalue weighted by atomic mass is 10.1. The Morgan fingerprint density at radius 2 is 1.50 bits per heavy atom. The number of piperidine rings is 1. The maximum atomic E-state index is 12.5. The van der Waals surface area contributed by atoms with Gasteiger partial charge in [-0.3, -0.25) is 14.6 Å². The normalized spacial score (nSPS) is 25.4. The SMILES string of the molecule is CC(CN)N1CCN(C(C)C(=O)N2CCCCC2)CC1. The quantitative estimate of drug-likeness (QED) is 0.808. The summed E-state index contributed by atoms with van der Waals surface area (Å²) in [6.45, 7) is 10.9. The molecule has 2 unspecified atom stereocenters. The van der Waals surface area contributed by atoms with E-state index in [-0.39, 0.29) is 6.04 Å². The van der Waals surface area contributed by atoms with Crippen molar-refractivity contribution >= 4 is 5.91 Å². The fourth-order valence-electron chi connectivity index (χ4n) is 3.25. The van der Waals surface area contributed by atoms with Crippen LogP contribution in [-0.2, 0) is 4.79 Å². The van der Waals surface area contributed by atoms with Crippen molar-refractivity contribution in [3.63, 3.8) is 0 Å². The zero-order valence-corrected chi connectivity index (χ0v) is 13.1. The first-order chi connectivity index (χ1) is 9.63. The Kier molecular flexibility index (Phi) is 5.81. The summed E-state index contributed by atoms with van der Waals surface area (Å²) in [7, 11) is 0. The molecule has 0 bridgehead atoms. The third-order valence-corrected chi connectivity index (χ3v) is 4.89. The van der Waals surface area contributed by atoms with Crippen molar-refractivity contribution in [1.82, 2.24) is 14.7 Å². The van der Waals surface area contributed by atoms with Crippen LogP contribution in [0.5, 0.6) is 0 Å². The summed E-state index contributed by atoms with van der Waals surface area (Å²) in [5.41, 5.74) is 5.73. The van der Waals surface area contributed by atoms with Gasteiger partial charge in [0.25, 0.3) is 0 Å². The predicted molar refractivity (Wildman–Crippen MR) is 81.6 cm³/mol. The van der Waals surface area contributed by atoms with Gasteiger partial charge < -0.3 is 10.6 Å². The van der Waals surface area contributed by atoms with E-state index in [2.05, 4.69) is 28.5 Å². The third kappa shape index (κ3) is 3.71. The largest absolute Gasteiger partial charge is 0.341 e. The van der Waals surface area contributed by atoms with Crippen LogP contribution in [0, 0.1) is 0 Å². The molecule has 2 aliphatic rings. The van der Waals surface area contributed by atoms with Gasteiger partial charge in [0.2, 0.25) is 5.91 Å². The van der Waals surface area contributed by atoms with Gasteiger partial charge >= 0.3 is 0 Å². The Balaban J connectivity index is 1.81. The number of amides is 1. The van der Waals surface area contributed by atoms with E-state index in [0.717, 1.165) is 39.3 Å². The molecular formula is C15H30N4O. The van der Waals surface area contributed by atoms with E-state index in [4.69, 9.17) is 5.73 Å². The van der Waals surface area contributed by atoms with Crippen molar-refractivity contribution in [2.75, 3.05) is 45.8 Å². The van der Waals surface area contributed by atoms with Gasteiger partial charge in [-0.2, -0.15) is 0 Å². The molecule has 5 heteroatoms. The van der Waals surface area contributed by atoms with Crippen LogP contribution in [0.15, 0.2) is 0 Å². The minimum absolute atomic E-state index is 0.0310. The molecule has 0 spiro atoms. The maximum Gasteiger partial charge on any atom is 0.239 e. The maximum absolute atomic E-state index is 12.5. The van der Waals surface area contributed by atoms with Gasteiger partial charge in [-0.15, -0.1) is 0 Å². The average Bonchev–Trinajstić information content (AvgIpc) is 2.53. The Hall–Kier alpha value is -0.650. The zero-order chi connectivity index (χ0) is 14.5. The van der Waals surface area contributed by atoms with Gasteiger partial charge in [0.1, 0.15) is 0 Å². The van der Waals surface area contributed by atoms with E-state index in [0.29, 0.717) is 18.5 Å². The molecule has 0 aromatic rings. The van der Waals surface area contributed by atoms with Crippen LogP contribution < -0.4 is 5.73 Å². The number of rotatable bonds is 4. The predicted octanol–water partition coefficient (Wildman–Crippen LogP) is 0.352. The number of nitrogens with zero attached hydrogens (tertiary/aromatic N) is 3. The van der Waals surface area contributed by atoms with Gasteiger partial charge in [-0.1, -0.05) is 0 Å². The van der Waals surface area contributed by atoms with E-state index in [9.17, 15) is 4.79 Å². The molecule has 2 saturated heterocycles. The van der Waals surface area contributed by atoms with E-state index < -0.39 is 0 Å². The molecule has 0 aromatic carbocycles. The van der Waals surface area contributed by atoms with Crippen molar-refractivity contribution in [1.29, 1.82) is 0 Å². The molecule has 2 heterocycles. The highest BCUT2D eigenvalue weighted by atomic mass is 16.2. The van der Waals surface area contributed by atoms with Crippen molar-refractivity contribution in [2.24, 2.45) is 5.73 Å². The summed E-state index contributed by atoms with van der Waals surface area (Å²) in [5, 5.41) is 0. The number of likely N-dealkylation sites (tertiary alicyclic amines) is 1. The van der Waals surface area contributed by atoms with Crippen LogP contribution >= 0.6 is 0 Å². The van der Waals surface area contributed by atoms with E-state index in [1.165, 1.54) is 19.3 Å². The summed E-state index contributed by atoms with van der Waals surface area (Å²) in [6.07, 6.45) is 3.61. The highest BCUT2D eigenvalue weighted by Crippen LogP contribution is 2.14. The second kappa shape index (κ2) is 7.38. The summed E-state index contributed by atoms with van der Waals surface area (Å²) in [6, 6.07) is 0.480. The molecule has 20 heavy (non-hydrogen) atoms. The molecule has 2 aliphatic heterocycles. The molecule has 2 rings (SSSR count). The molecule has 1 amide bonds. The van der Waals surface area contributed by atoms with Crippen LogP contribution in [0.1, 0.15) is 33.1 Å². The topological polar surface area (TPSA) is 52.8 Å². The second-order valence-electron chi connectivity index (χ2n) is 6.22. The first kappa shape index (κ1) is 15.7. The van der Waals surface area contributed by atoms with Crippen LogP contribution in [0.2, 0.25) is 0 Å². The molecule has 116 valence electrons. The minimum atomic E-state index is 0.0310. The van der Waals surface area contributed by atoms with E-state index in [1.54, 1.807) is 0 Å². The Morgan fingerprint density at radius 1 is 0.950 bits per heavy atom. The summed E-state index contributed by atoms with van der Waals surface area (Å²) in [4.78, 5) is 19.3. The van der Waals surface area contributed by atoms with Gasteiger partial charge in [-0.05, 0) is 33.1 Å². The van der Waals surface area contributed by atoms with Crippen molar-refractivity contribution in [3.8, 4) is 0 Å². The third-order valence-electron chi connectivity index (χ3n) is 4.89. The lowest BCUT2D eigenvalue weighted by molar-refractivity contribution is -0.138. The van der Waals surface area contributed by atoms with Crippen LogP contribution in [0.25, 0.3) is 0 Å². The highest BCUT2D eigenvalue weighted by Gasteiger charge is 2.29. The number of hydrogen-bond donors (Lipinski definition) is 1. The van der Waals surface area contributed by atoms with Gasteiger partial charge in [-0.25, -0.2) is 0 Å².